The third-order valence-corrected chi connectivity index (χ3v) is 4.37. The van der Waals surface area contributed by atoms with E-state index in [0.717, 1.165) is 11.1 Å². The monoisotopic (exact) mass is 312 g/mol. The number of benzene rings is 1. The summed E-state index contributed by atoms with van der Waals surface area (Å²) in [7, 11) is -3.77. The van der Waals surface area contributed by atoms with Gasteiger partial charge in [-0.1, -0.05) is 0 Å². The Morgan fingerprint density at radius 2 is 2.00 bits per heavy atom. The summed E-state index contributed by atoms with van der Waals surface area (Å²) in [6, 6.07) is 4.37. The van der Waals surface area contributed by atoms with Crippen molar-refractivity contribution < 1.29 is 8.42 Å². The van der Waals surface area contributed by atoms with Gasteiger partial charge in [0.25, 0.3) is 10.0 Å². The molecule has 1 aromatic heterocycles. The van der Waals surface area contributed by atoms with Gasteiger partial charge in [0.15, 0.2) is 0 Å². The van der Waals surface area contributed by atoms with Crippen LogP contribution >= 0.6 is 11.6 Å². The molecule has 2 rings (SSSR count). The molecule has 0 aliphatic rings. The Morgan fingerprint density at radius 3 is 2.60 bits per heavy atom. The Labute approximate surface area is 122 Å². The van der Waals surface area contributed by atoms with Crippen molar-refractivity contribution in [1.82, 2.24) is 9.97 Å². The van der Waals surface area contributed by atoms with Crippen LogP contribution in [0.2, 0.25) is 5.28 Å². The number of nitrogens with zero attached hydrogens (tertiary/aromatic N) is 2. The minimum absolute atomic E-state index is 0.0372. The third kappa shape index (κ3) is 3.00. The fourth-order valence-electron chi connectivity index (χ4n) is 1.60. The molecule has 106 valence electrons. The lowest BCUT2D eigenvalue weighted by atomic mass is 10.1. The van der Waals surface area contributed by atoms with Crippen molar-refractivity contribution in [3.05, 3.63) is 40.8 Å². The van der Waals surface area contributed by atoms with E-state index in [4.69, 9.17) is 17.3 Å². The van der Waals surface area contributed by atoms with E-state index in [0.29, 0.717) is 5.69 Å². The average Bonchev–Trinajstić information content (AvgIpc) is 2.34. The van der Waals surface area contributed by atoms with Gasteiger partial charge in [0.2, 0.25) is 5.28 Å². The number of anilines is 2. The summed E-state index contributed by atoms with van der Waals surface area (Å²) in [5, 5.41) is -0.0372. The minimum Gasteiger partial charge on any atom is -0.398 e. The molecule has 0 fully saturated rings. The lowest BCUT2D eigenvalue weighted by Gasteiger charge is -2.11. The van der Waals surface area contributed by atoms with Crippen LogP contribution in [0.4, 0.5) is 11.5 Å². The first kappa shape index (κ1) is 14.5. The van der Waals surface area contributed by atoms with Gasteiger partial charge in [0, 0.05) is 11.9 Å². The zero-order valence-corrected chi connectivity index (χ0v) is 12.5. The number of hydrogen-bond donors (Lipinski definition) is 2. The number of nitrogens with one attached hydrogen (secondary N) is 1. The zero-order valence-electron chi connectivity index (χ0n) is 10.9. The minimum atomic E-state index is -3.77. The molecule has 0 unspecified atom stereocenters. The van der Waals surface area contributed by atoms with E-state index in [9.17, 15) is 8.42 Å². The van der Waals surface area contributed by atoms with Gasteiger partial charge in [-0.15, -0.1) is 0 Å². The van der Waals surface area contributed by atoms with E-state index in [1.165, 1.54) is 18.3 Å². The van der Waals surface area contributed by atoms with Crippen molar-refractivity contribution in [1.29, 1.82) is 0 Å². The largest absolute Gasteiger partial charge is 0.398 e. The van der Waals surface area contributed by atoms with Crippen LogP contribution in [0.15, 0.2) is 29.3 Å². The molecule has 0 atom stereocenters. The van der Waals surface area contributed by atoms with Gasteiger partial charge in [-0.2, -0.15) is 4.98 Å². The van der Waals surface area contributed by atoms with Crippen LogP contribution in [0.3, 0.4) is 0 Å². The number of rotatable bonds is 3. The van der Waals surface area contributed by atoms with Crippen molar-refractivity contribution in [2.75, 3.05) is 10.5 Å². The van der Waals surface area contributed by atoms with Crippen molar-refractivity contribution >= 4 is 33.1 Å². The predicted molar refractivity (Wildman–Crippen MR) is 78.2 cm³/mol. The topological polar surface area (TPSA) is 98.0 Å². The maximum atomic E-state index is 12.3. The molecular weight excluding hydrogens is 300 g/mol. The summed E-state index contributed by atoms with van der Waals surface area (Å²) >= 11 is 5.61. The number of hydrogen-bond acceptors (Lipinski definition) is 5. The van der Waals surface area contributed by atoms with Crippen LogP contribution in [0.1, 0.15) is 11.1 Å². The molecule has 2 aromatic rings. The van der Waals surface area contributed by atoms with E-state index in [-0.39, 0.29) is 16.0 Å². The van der Waals surface area contributed by atoms with Gasteiger partial charge in [0.1, 0.15) is 5.82 Å². The summed E-state index contributed by atoms with van der Waals surface area (Å²) < 4.78 is 26.8. The second-order valence-electron chi connectivity index (χ2n) is 4.27. The van der Waals surface area contributed by atoms with E-state index in [2.05, 4.69) is 14.7 Å². The van der Waals surface area contributed by atoms with Crippen molar-refractivity contribution in [2.24, 2.45) is 0 Å². The van der Waals surface area contributed by atoms with Gasteiger partial charge in [-0.3, -0.25) is 4.72 Å². The summed E-state index contributed by atoms with van der Waals surface area (Å²) in [6.07, 6.45) is 1.36. The van der Waals surface area contributed by atoms with Crippen LogP contribution in [0.5, 0.6) is 0 Å². The molecule has 0 saturated carbocycles. The zero-order chi connectivity index (χ0) is 14.9. The van der Waals surface area contributed by atoms with Gasteiger partial charge >= 0.3 is 0 Å². The van der Waals surface area contributed by atoms with Crippen LogP contribution in [0, 0.1) is 13.8 Å². The Kier molecular flexibility index (Phi) is 3.82. The Hall–Kier alpha value is -1.86. The van der Waals surface area contributed by atoms with Gasteiger partial charge in [0.05, 0.1) is 4.90 Å². The van der Waals surface area contributed by atoms with Gasteiger partial charge in [-0.05, 0) is 54.8 Å². The first-order chi connectivity index (χ1) is 9.29. The lowest BCUT2D eigenvalue weighted by molar-refractivity contribution is 0.601. The molecule has 1 aromatic carbocycles. The van der Waals surface area contributed by atoms with Crippen LogP contribution in [-0.2, 0) is 10.0 Å². The maximum absolute atomic E-state index is 12.3. The van der Waals surface area contributed by atoms with Crippen LogP contribution in [0.25, 0.3) is 0 Å². The highest BCUT2D eigenvalue weighted by molar-refractivity contribution is 7.92. The summed E-state index contributed by atoms with van der Waals surface area (Å²) in [5.41, 5.74) is 7.87. The van der Waals surface area contributed by atoms with E-state index in [1.54, 1.807) is 13.0 Å². The third-order valence-electron chi connectivity index (χ3n) is 2.86. The second-order valence-corrected chi connectivity index (χ2v) is 6.29. The van der Waals surface area contributed by atoms with Gasteiger partial charge in [-0.25, -0.2) is 13.4 Å². The fraction of sp³-hybridized carbons (Fsp3) is 0.167. The molecule has 1 heterocycles. The number of aromatic nitrogens is 2. The normalized spacial score (nSPS) is 11.3. The highest BCUT2D eigenvalue weighted by atomic mass is 35.5. The molecule has 20 heavy (non-hydrogen) atoms. The fourth-order valence-corrected chi connectivity index (χ4v) is 2.86. The second kappa shape index (κ2) is 5.26. The molecule has 8 heteroatoms. The Bertz CT molecular complexity index is 739. The first-order valence-electron chi connectivity index (χ1n) is 5.67. The smallest absolute Gasteiger partial charge is 0.263 e. The summed E-state index contributed by atoms with van der Waals surface area (Å²) in [6.45, 7) is 3.63. The lowest BCUT2D eigenvalue weighted by Crippen LogP contribution is -2.15. The molecular formula is C12H13ClN4O2S. The number of sulfonamides is 1. The molecule has 0 aliphatic carbocycles. The highest BCUT2D eigenvalue weighted by Gasteiger charge is 2.17. The summed E-state index contributed by atoms with van der Waals surface area (Å²) in [4.78, 5) is 7.54. The Balaban J connectivity index is 2.41. The molecule has 0 saturated heterocycles. The predicted octanol–water partition coefficient (Wildman–Crippen LogP) is 2.13. The molecule has 0 amide bonds. The average molecular weight is 313 g/mol. The van der Waals surface area contributed by atoms with Crippen LogP contribution < -0.4 is 10.5 Å². The first-order valence-corrected chi connectivity index (χ1v) is 7.54. The van der Waals surface area contributed by atoms with E-state index in [1.807, 2.05) is 6.92 Å². The van der Waals surface area contributed by atoms with E-state index < -0.39 is 10.0 Å². The number of nitrogen functional groups attached to an aromatic ring is 1. The number of aryl methyl sites for hydroxylation is 1. The molecule has 0 radical (unpaired) electrons. The van der Waals surface area contributed by atoms with Crippen molar-refractivity contribution in [3.63, 3.8) is 0 Å². The molecule has 0 aliphatic heterocycles. The van der Waals surface area contributed by atoms with E-state index >= 15 is 0 Å². The number of nitrogens with two attached hydrogens (primary N) is 1. The van der Waals surface area contributed by atoms with Crippen molar-refractivity contribution in [3.8, 4) is 0 Å². The molecule has 6 nitrogen and oxygen atoms in total. The quantitative estimate of drug-likeness (QED) is 0.668. The highest BCUT2D eigenvalue weighted by Crippen LogP contribution is 2.23. The molecule has 0 spiro atoms. The molecule has 3 N–H and O–H groups in total. The van der Waals surface area contributed by atoms with Gasteiger partial charge < -0.3 is 5.73 Å². The van der Waals surface area contributed by atoms with Crippen molar-refractivity contribution in [2.45, 2.75) is 18.7 Å². The number of halogens is 1. The molecule has 0 bridgehead atoms. The SMILES string of the molecule is Cc1cc(S(=O)(=O)Nc2ccnc(Cl)n2)cc(N)c1C. The van der Waals surface area contributed by atoms with Crippen LogP contribution in [-0.4, -0.2) is 18.4 Å². The maximum Gasteiger partial charge on any atom is 0.263 e. The standard InChI is InChI=1S/C12H13ClN4O2S/c1-7-5-9(6-10(14)8(7)2)20(18,19)17-11-3-4-15-12(13)16-11/h3-6H,14H2,1-2H3,(H,15,16,17). The summed E-state index contributed by atoms with van der Waals surface area (Å²) in [5.74, 6) is 0.0989. The Morgan fingerprint density at radius 1 is 1.30 bits per heavy atom.